The van der Waals surface area contributed by atoms with Crippen LogP contribution in [0.15, 0.2) is 24.3 Å². The summed E-state index contributed by atoms with van der Waals surface area (Å²) < 4.78 is 145. The third-order valence-electron chi connectivity index (χ3n) is 5.31. The van der Waals surface area contributed by atoms with Crippen LogP contribution < -0.4 is 15.2 Å². The Labute approximate surface area is 205 Å². The highest BCUT2D eigenvalue weighted by atomic mass is 32.2. The number of hydrogen-bond acceptors (Lipinski definition) is 6. The Bertz CT molecular complexity index is 1190. The third kappa shape index (κ3) is 7.96. The number of pyridine rings is 1. The number of hydrazine groups is 1. The Kier molecular flexibility index (Phi) is 8.07. The van der Waals surface area contributed by atoms with Gasteiger partial charge in [0.05, 0.1) is 11.1 Å². The van der Waals surface area contributed by atoms with Crippen molar-refractivity contribution >= 4 is 32.6 Å². The topological polar surface area (TPSA) is 80.8 Å². The molecule has 2 N–H and O–H groups in total. The van der Waals surface area contributed by atoms with E-state index in [4.69, 9.17) is 0 Å². The molecule has 2 heterocycles. The predicted octanol–water partition coefficient (Wildman–Crippen LogP) is 3.59. The number of fused-ring (bicyclic) bond motifs is 1. The van der Waals surface area contributed by atoms with Gasteiger partial charge >= 0.3 is 18.5 Å². The number of nitrogens with zero attached hydrogens (tertiary/aromatic N) is 4. The first-order valence-corrected chi connectivity index (χ1v) is 11.9. The van der Waals surface area contributed by atoms with Crippen LogP contribution in [-0.4, -0.2) is 81.3 Å². The molecule has 0 radical (unpaired) electrons. The molecule has 0 saturated carbocycles. The molecule has 0 unspecified atom stereocenters. The zero-order valence-corrected chi connectivity index (χ0v) is 19.8. The maximum absolute atomic E-state index is 13.8. The van der Waals surface area contributed by atoms with Crippen LogP contribution in [0.5, 0.6) is 0 Å². The van der Waals surface area contributed by atoms with Gasteiger partial charge in [0.1, 0.15) is 18.9 Å². The molecule has 1 aliphatic heterocycles. The highest BCUT2D eigenvalue weighted by molar-refractivity contribution is 7.87. The fourth-order valence-electron chi connectivity index (χ4n) is 3.59. The smallest absolute Gasteiger partial charge is 0.353 e. The van der Waals surface area contributed by atoms with Gasteiger partial charge in [-0.05, 0) is 31.3 Å². The Balaban J connectivity index is 1.95. The maximum atomic E-state index is 13.8. The number of aromatic nitrogens is 1. The van der Waals surface area contributed by atoms with Crippen molar-refractivity contribution in [3.05, 3.63) is 29.8 Å². The summed E-state index contributed by atoms with van der Waals surface area (Å²) in [5, 5.41) is -0.771. The number of hydrogen-bond donors (Lipinski definition) is 2. The molecule has 0 atom stereocenters. The molecule has 1 saturated heterocycles. The molecule has 18 heteroatoms. The van der Waals surface area contributed by atoms with E-state index in [9.17, 15) is 47.9 Å². The van der Waals surface area contributed by atoms with Crippen molar-refractivity contribution < 1.29 is 47.9 Å². The molecule has 0 amide bonds. The minimum Gasteiger partial charge on any atom is -0.353 e. The van der Waals surface area contributed by atoms with E-state index in [1.165, 1.54) is 0 Å². The van der Waals surface area contributed by atoms with Gasteiger partial charge in [0, 0.05) is 37.3 Å². The van der Waals surface area contributed by atoms with E-state index < -0.39 is 69.8 Å². The summed E-state index contributed by atoms with van der Waals surface area (Å²) in [6.45, 7) is -3.00. The number of rotatable bonds is 7. The van der Waals surface area contributed by atoms with Gasteiger partial charge in [-0.3, -0.25) is 5.43 Å². The lowest BCUT2D eigenvalue weighted by molar-refractivity contribution is -0.138. The number of halogens is 9. The highest BCUT2D eigenvalue weighted by Gasteiger charge is 2.39. The van der Waals surface area contributed by atoms with E-state index in [0.29, 0.717) is 25.2 Å². The number of benzene rings is 1. The molecule has 1 aliphatic rings. The van der Waals surface area contributed by atoms with Gasteiger partial charge in [-0.1, -0.05) is 0 Å². The average molecular weight is 568 g/mol. The first-order chi connectivity index (χ1) is 16.8. The highest BCUT2D eigenvalue weighted by Crippen LogP contribution is 2.38. The summed E-state index contributed by atoms with van der Waals surface area (Å²) in [5.74, 6) is -0.590. The second-order valence-corrected chi connectivity index (χ2v) is 9.95. The SMILES string of the molecule is CN1CCN(S(=O)(=O)NNc2cc(C(F)(F)F)c3cc(N(CC(F)(F)F)CC(F)(F)F)ccc3n2)CC1. The van der Waals surface area contributed by atoms with E-state index in [1.54, 1.807) is 7.05 Å². The van der Waals surface area contributed by atoms with E-state index in [2.05, 4.69) is 10.4 Å². The first-order valence-electron chi connectivity index (χ1n) is 10.5. The van der Waals surface area contributed by atoms with Crippen LogP contribution in [-0.2, 0) is 16.4 Å². The lowest BCUT2D eigenvalue weighted by atomic mass is 10.1. The molecule has 1 fully saturated rings. The Hall–Kier alpha value is -2.57. The van der Waals surface area contributed by atoms with Gasteiger partial charge in [0.15, 0.2) is 0 Å². The first kappa shape index (κ1) is 29.0. The Morgan fingerprint density at radius 2 is 1.49 bits per heavy atom. The number of nitrogens with one attached hydrogen (secondary N) is 2. The van der Waals surface area contributed by atoms with Gasteiger partial charge in [0.2, 0.25) is 0 Å². The molecular weight excluding hydrogens is 547 g/mol. The van der Waals surface area contributed by atoms with Crippen LogP contribution in [0.4, 0.5) is 51.0 Å². The van der Waals surface area contributed by atoms with Crippen molar-refractivity contribution in [2.75, 3.05) is 56.6 Å². The van der Waals surface area contributed by atoms with Crippen molar-refractivity contribution in [1.82, 2.24) is 19.0 Å². The minimum absolute atomic E-state index is 0.127. The largest absolute Gasteiger partial charge is 0.417 e. The summed E-state index contributed by atoms with van der Waals surface area (Å²) in [6, 6.07) is 2.52. The van der Waals surface area contributed by atoms with Crippen molar-refractivity contribution in [2.45, 2.75) is 18.5 Å². The van der Waals surface area contributed by atoms with Gasteiger partial charge in [-0.15, -0.1) is 4.83 Å². The molecule has 37 heavy (non-hydrogen) atoms. The lowest BCUT2D eigenvalue weighted by Crippen LogP contribution is -2.52. The lowest BCUT2D eigenvalue weighted by Gasteiger charge is -2.31. The van der Waals surface area contributed by atoms with E-state index in [1.807, 2.05) is 9.73 Å². The standard InChI is InChI=1S/C19H21F9N6O2S/c1-32-4-6-34(7-5-32)37(35,36)31-30-16-9-14(19(26,27)28)13-8-12(2-3-15(13)29-16)33(10-17(20,21)22)11-18(23,24)25/h2-3,8-9,31H,4-7,10-11H2,1H3,(H,29,30). The van der Waals surface area contributed by atoms with Crippen molar-refractivity contribution in [3.8, 4) is 0 Å². The molecule has 1 aromatic carbocycles. The number of likely N-dealkylation sites (N-methyl/N-ethyl adjacent to an activating group) is 1. The zero-order chi connectivity index (χ0) is 27.8. The molecule has 0 spiro atoms. The molecule has 8 nitrogen and oxygen atoms in total. The summed E-state index contributed by atoms with van der Waals surface area (Å²) in [4.78, 5) is 7.49. The van der Waals surface area contributed by atoms with Crippen molar-refractivity contribution in [3.63, 3.8) is 0 Å². The zero-order valence-electron chi connectivity index (χ0n) is 19.0. The van der Waals surface area contributed by atoms with E-state index in [-0.39, 0.29) is 18.0 Å². The fraction of sp³-hybridized carbons (Fsp3) is 0.526. The molecular formula is C19H21F9N6O2S. The van der Waals surface area contributed by atoms with Gasteiger partial charge in [-0.25, -0.2) is 4.98 Å². The molecule has 3 rings (SSSR count). The predicted molar refractivity (Wildman–Crippen MR) is 116 cm³/mol. The molecule has 0 aliphatic carbocycles. The molecule has 1 aromatic heterocycles. The van der Waals surface area contributed by atoms with Crippen LogP contribution in [0.2, 0.25) is 0 Å². The molecule has 0 bridgehead atoms. The minimum atomic E-state index is -5.11. The quantitative estimate of drug-likeness (QED) is 0.393. The van der Waals surface area contributed by atoms with Crippen molar-refractivity contribution in [2.24, 2.45) is 0 Å². The van der Waals surface area contributed by atoms with Crippen LogP contribution in [0.25, 0.3) is 10.9 Å². The van der Waals surface area contributed by atoms with Crippen LogP contribution in [0.1, 0.15) is 5.56 Å². The third-order valence-corrected chi connectivity index (χ3v) is 6.72. The summed E-state index contributed by atoms with van der Waals surface area (Å²) in [6.07, 6.45) is -15.2. The summed E-state index contributed by atoms with van der Waals surface area (Å²) in [7, 11) is -2.37. The second-order valence-electron chi connectivity index (χ2n) is 8.28. The van der Waals surface area contributed by atoms with Crippen LogP contribution in [0.3, 0.4) is 0 Å². The normalized spacial score (nSPS) is 16.8. The summed E-state index contributed by atoms with van der Waals surface area (Å²) >= 11 is 0. The van der Waals surface area contributed by atoms with E-state index in [0.717, 1.165) is 16.4 Å². The fourth-order valence-corrected chi connectivity index (χ4v) is 4.60. The van der Waals surface area contributed by atoms with Gasteiger partial charge in [0.25, 0.3) is 10.2 Å². The monoisotopic (exact) mass is 568 g/mol. The Morgan fingerprint density at radius 3 is 2.00 bits per heavy atom. The number of anilines is 2. The van der Waals surface area contributed by atoms with E-state index >= 15 is 0 Å². The maximum Gasteiger partial charge on any atom is 0.417 e. The second kappa shape index (κ2) is 10.3. The Morgan fingerprint density at radius 1 is 0.919 bits per heavy atom. The molecule has 2 aromatic rings. The van der Waals surface area contributed by atoms with Gasteiger partial charge in [-0.2, -0.15) is 52.2 Å². The molecule has 208 valence electrons. The number of alkyl halides is 9. The van der Waals surface area contributed by atoms with Crippen LogP contribution >= 0.6 is 0 Å². The van der Waals surface area contributed by atoms with Crippen molar-refractivity contribution in [1.29, 1.82) is 0 Å². The summed E-state index contributed by atoms with van der Waals surface area (Å²) in [5.41, 5.74) is -0.563. The van der Waals surface area contributed by atoms with Gasteiger partial charge < -0.3 is 9.80 Å². The average Bonchev–Trinajstić information content (AvgIpc) is 2.74. The van der Waals surface area contributed by atoms with Crippen LogP contribution in [0, 0.1) is 0 Å². The number of piperazine rings is 1.